The summed E-state index contributed by atoms with van der Waals surface area (Å²) in [4.78, 5) is 12.4. The van der Waals surface area contributed by atoms with Crippen LogP contribution in [0.5, 0.6) is 0 Å². The second-order valence-corrected chi connectivity index (χ2v) is 11.4. The fourth-order valence-electron chi connectivity index (χ4n) is 2.64. The van der Waals surface area contributed by atoms with Crippen molar-refractivity contribution in [1.29, 1.82) is 0 Å². The SMILES string of the molecule is CC(C)CCCNC(=O)c1cc(S(=O)(=O)Nc2ccc(S(C)(=O)=O)cc2)ccc1Cl. The minimum Gasteiger partial charge on any atom is -0.352 e. The van der Waals surface area contributed by atoms with Crippen molar-refractivity contribution in [3.8, 4) is 0 Å². The van der Waals surface area contributed by atoms with Gasteiger partial charge in [-0.05, 0) is 61.2 Å². The predicted molar refractivity (Wildman–Crippen MR) is 118 cm³/mol. The normalized spacial score (nSPS) is 12.0. The standard InChI is InChI=1S/C20H25ClN2O5S2/c1-14(2)5-4-12-22-20(24)18-13-17(10-11-19(18)21)30(27,28)23-15-6-8-16(9-7-15)29(3,25)26/h6-11,13-14,23H,4-5,12H2,1-3H3,(H,22,24). The predicted octanol–water partition coefficient (Wildman–Crippen LogP) is 3.71. The molecule has 0 saturated carbocycles. The van der Waals surface area contributed by atoms with Gasteiger partial charge in [0.05, 0.1) is 20.4 Å². The van der Waals surface area contributed by atoms with Crippen molar-refractivity contribution >= 4 is 43.1 Å². The van der Waals surface area contributed by atoms with Gasteiger partial charge in [-0.15, -0.1) is 0 Å². The van der Waals surface area contributed by atoms with Crippen LogP contribution in [-0.2, 0) is 19.9 Å². The average molecular weight is 473 g/mol. The van der Waals surface area contributed by atoms with Crippen LogP contribution in [0.4, 0.5) is 5.69 Å². The lowest BCUT2D eigenvalue weighted by Crippen LogP contribution is -2.25. The lowest BCUT2D eigenvalue weighted by molar-refractivity contribution is 0.0952. The van der Waals surface area contributed by atoms with Crippen molar-refractivity contribution in [3.05, 3.63) is 53.1 Å². The van der Waals surface area contributed by atoms with Crippen molar-refractivity contribution in [2.45, 2.75) is 36.5 Å². The molecule has 0 aromatic heterocycles. The molecule has 2 rings (SSSR count). The van der Waals surface area contributed by atoms with E-state index in [1.807, 2.05) is 0 Å². The summed E-state index contributed by atoms with van der Waals surface area (Å²) < 4.78 is 50.8. The number of benzene rings is 2. The molecule has 0 aliphatic rings. The Balaban J connectivity index is 2.18. The molecule has 10 heteroatoms. The zero-order valence-corrected chi connectivity index (χ0v) is 19.4. The van der Waals surface area contributed by atoms with E-state index in [1.54, 1.807) is 0 Å². The van der Waals surface area contributed by atoms with Crippen molar-refractivity contribution in [2.75, 3.05) is 17.5 Å². The number of anilines is 1. The fourth-order valence-corrected chi connectivity index (χ4v) is 4.56. The highest BCUT2D eigenvalue weighted by Crippen LogP contribution is 2.23. The molecule has 164 valence electrons. The molecule has 2 aromatic carbocycles. The summed E-state index contributed by atoms with van der Waals surface area (Å²) in [5.41, 5.74) is 0.258. The number of sulfonamides is 1. The third kappa shape index (κ3) is 6.72. The van der Waals surface area contributed by atoms with Gasteiger partial charge in [0.1, 0.15) is 0 Å². The Morgan fingerprint density at radius 1 is 1.00 bits per heavy atom. The number of rotatable bonds is 9. The number of carbonyl (C=O) groups excluding carboxylic acids is 1. The number of carbonyl (C=O) groups is 1. The van der Waals surface area contributed by atoms with Crippen LogP contribution < -0.4 is 10.0 Å². The molecule has 30 heavy (non-hydrogen) atoms. The smallest absolute Gasteiger partial charge is 0.261 e. The Morgan fingerprint density at radius 3 is 2.17 bits per heavy atom. The Labute approximate surface area is 182 Å². The van der Waals surface area contributed by atoms with Crippen LogP contribution in [0.1, 0.15) is 37.0 Å². The Bertz CT molecular complexity index is 1110. The van der Waals surface area contributed by atoms with Gasteiger partial charge in [-0.25, -0.2) is 16.8 Å². The van der Waals surface area contributed by atoms with Crippen LogP contribution in [0.3, 0.4) is 0 Å². The van der Waals surface area contributed by atoms with Crippen LogP contribution in [0.25, 0.3) is 0 Å². The number of nitrogens with one attached hydrogen (secondary N) is 2. The molecule has 0 aliphatic carbocycles. The van der Waals surface area contributed by atoms with Gasteiger partial charge in [0.2, 0.25) is 0 Å². The minimum absolute atomic E-state index is 0.0662. The molecule has 2 aromatic rings. The third-order valence-corrected chi connectivity index (χ3v) is 7.11. The molecule has 0 unspecified atom stereocenters. The van der Waals surface area contributed by atoms with Gasteiger partial charge in [-0.1, -0.05) is 25.4 Å². The number of sulfone groups is 1. The maximum Gasteiger partial charge on any atom is 0.261 e. The first-order chi connectivity index (χ1) is 13.9. The largest absolute Gasteiger partial charge is 0.352 e. The highest BCUT2D eigenvalue weighted by atomic mass is 35.5. The lowest BCUT2D eigenvalue weighted by atomic mass is 10.1. The van der Waals surface area contributed by atoms with Crippen LogP contribution in [0.15, 0.2) is 52.3 Å². The van der Waals surface area contributed by atoms with Crippen molar-refractivity contribution < 1.29 is 21.6 Å². The molecule has 1 amide bonds. The topological polar surface area (TPSA) is 109 Å². The van der Waals surface area contributed by atoms with E-state index >= 15 is 0 Å². The molecule has 0 bridgehead atoms. The Kier molecular flexibility index (Phi) is 7.90. The second-order valence-electron chi connectivity index (χ2n) is 7.34. The van der Waals surface area contributed by atoms with Crippen LogP contribution in [0, 0.1) is 5.92 Å². The van der Waals surface area contributed by atoms with E-state index in [2.05, 4.69) is 23.9 Å². The van der Waals surface area contributed by atoms with Crippen LogP contribution in [0.2, 0.25) is 5.02 Å². The summed E-state index contributed by atoms with van der Waals surface area (Å²) in [6, 6.07) is 9.19. The van der Waals surface area contributed by atoms with Gasteiger partial charge < -0.3 is 5.32 Å². The fraction of sp³-hybridized carbons (Fsp3) is 0.350. The van der Waals surface area contributed by atoms with Gasteiger partial charge in [-0.2, -0.15) is 0 Å². The van der Waals surface area contributed by atoms with Crippen molar-refractivity contribution in [1.82, 2.24) is 5.32 Å². The number of hydrogen-bond donors (Lipinski definition) is 2. The van der Waals surface area contributed by atoms with E-state index < -0.39 is 25.8 Å². The van der Waals surface area contributed by atoms with Crippen LogP contribution in [-0.4, -0.2) is 35.5 Å². The highest BCUT2D eigenvalue weighted by Gasteiger charge is 2.19. The maximum absolute atomic E-state index is 12.7. The number of amides is 1. The summed E-state index contributed by atoms with van der Waals surface area (Å²) in [5.74, 6) is 0.0786. The molecule has 0 radical (unpaired) electrons. The first kappa shape index (κ1) is 24.2. The lowest BCUT2D eigenvalue weighted by Gasteiger charge is -2.12. The zero-order valence-electron chi connectivity index (χ0n) is 17.0. The molecular formula is C20H25ClN2O5S2. The van der Waals surface area contributed by atoms with Gasteiger partial charge in [0.15, 0.2) is 9.84 Å². The molecule has 0 heterocycles. The van der Waals surface area contributed by atoms with E-state index in [1.165, 1.54) is 42.5 Å². The van der Waals surface area contributed by atoms with E-state index in [4.69, 9.17) is 11.6 Å². The molecule has 0 spiro atoms. The summed E-state index contributed by atoms with van der Waals surface area (Å²) in [7, 11) is -7.40. The first-order valence-corrected chi connectivity index (χ1v) is 13.1. The van der Waals surface area contributed by atoms with E-state index in [9.17, 15) is 21.6 Å². The third-order valence-electron chi connectivity index (χ3n) is 4.27. The maximum atomic E-state index is 12.7. The van der Waals surface area contributed by atoms with E-state index in [-0.39, 0.29) is 26.1 Å². The minimum atomic E-state index is -4.01. The zero-order chi connectivity index (χ0) is 22.5. The van der Waals surface area contributed by atoms with Gasteiger partial charge in [0.25, 0.3) is 15.9 Å². The van der Waals surface area contributed by atoms with Gasteiger partial charge >= 0.3 is 0 Å². The van der Waals surface area contributed by atoms with Crippen molar-refractivity contribution in [2.24, 2.45) is 5.92 Å². The van der Waals surface area contributed by atoms with Gasteiger partial charge in [-0.3, -0.25) is 9.52 Å². The van der Waals surface area contributed by atoms with Crippen LogP contribution >= 0.6 is 11.6 Å². The molecule has 0 aliphatic heterocycles. The molecular weight excluding hydrogens is 448 g/mol. The molecule has 2 N–H and O–H groups in total. The summed E-state index contributed by atoms with van der Waals surface area (Å²) in [6.45, 7) is 4.65. The number of hydrogen-bond acceptors (Lipinski definition) is 5. The first-order valence-electron chi connectivity index (χ1n) is 9.31. The molecule has 7 nitrogen and oxygen atoms in total. The summed E-state index contributed by atoms with van der Waals surface area (Å²) in [5, 5.41) is 2.89. The molecule has 0 fully saturated rings. The monoisotopic (exact) mass is 472 g/mol. The Hall–Kier alpha value is -2.10. The summed E-state index contributed by atoms with van der Waals surface area (Å²) >= 11 is 6.09. The van der Waals surface area contributed by atoms with Crippen molar-refractivity contribution in [3.63, 3.8) is 0 Å². The molecule has 0 saturated heterocycles. The van der Waals surface area contributed by atoms with Gasteiger partial charge in [0, 0.05) is 18.5 Å². The number of halogens is 1. The van der Waals surface area contributed by atoms with E-state index in [0.29, 0.717) is 12.5 Å². The quantitative estimate of drug-likeness (QED) is 0.540. The van der Waals surface area contributed by atoms with E-state index in [0.717, 1.165) is 19.1 Å². The average Bonchev–Trinajstić information content (AvgIpc) is 2.64. The highest BCUT2D eigenvalue weighted by molar-refractivity contribution is 7.92. The summed E-state index contributed by atoms with van der Waals surface area (Å²) in [6.07, 6.45) is 2.84. The molecule has 0 atom stereocenters. The Morgan fingerprint density at radius 2 is 1.60 bits per heavy atom. The second kappa shape index (κ2) is 9.80.